The topological polar surface area (TPSA) is 37.3 Å². The Labute approximate surface area is 86.3 Å². The maximum atomic E-state index is 10.5. The van der Waals surface area contributed by atoms with Crippen LogP contribution in [0.2, 0.25) is 0 Å². The van der Waals surface area contributed by atoms with E-state index in [1.54, 1.807) is 0 Å². The zero-order valence-electron chi connectivity index (χ0n) is 8.56. The largest absolute Gasteiger partial charge is 0.481 e. The van der Waals surface area contributed by atoms with Gasteiger partial charge in [0.15, 0.2) is 0 Å². The Morgan fingerprint density at radius 1 is 1.29 bits per heavy atom. The molecule has 0 saturated heterocycles. The van der Waals surface area contributed by atoms with Gasteiger partial charge in [-0.25, -0.2) is 10.0 Å². The molecule has 2 nitrogen and oxygen atoms in total. The number of hydrogen-bond donors (Lipinski definition) is 1. The second-order valence-corrected chi connectivity index (χ2v) is 7.66. The second kappa shape index (κ2) is 4.51. The molecule has 1 rings (SSSR count). The number of rotatable bonds is 4. The summed E-state index contributed by atoms with van der Waals surface area (Å²) in [6.45, 7) is 0. The Kier molecular flexibility index (Phi) is 3.58. The van der Waals surface area contributed by atoms with Crippen LogP contribution in [0.4, 0.5) is 0 Å². The summed E-state index contributed by atoms with van der Waals surface area (Å²) in [7, 11) is -0.936. The quantitative estimate of drug-likeness (QED) is 0.833. The first kappa shape index (κ1) is 11.1. The van der Waals surface area contributed by atoms with Crippen LogP contribution in [0.1, 0.15) is 6.42 Å². The van der Waals surface area contributed by atoms with Crippen molar-refractivity contribution in [2.45, 2.75) is 11.3 Å². The van der Waals surface area contributed by atoms with Gasteiger partial charge in [0.2, 0.25) is 0 Å². The fourth-order valence-corrected chi connectivity index (χ4v) is 3.06. The van der Waals surface area contributed by atoms with E-state index in [1.165, 1.54) is 4.90 Å². The van der Waals surface area contributed by atoms with E-state index in [1.807, 2.05) is 18.2 Å². The van der Waals surface area contributed by atoms with Crippen molar-refractivity contribution >= 4 is 16.0 Å². The van der Waals surface area contributed by atoms with Gasteiger partial charge < -0.3 is 5.11 Å². The number of carboxylic acids is 1. The zero-order chi connectivity index (χ0) is 10.6. The molecule has 0 aliphatic heterocycles. The third kappa shape index (κ3) is 3.07. The molecule has 0 radical (unpaired) electrons. The Morgan fingerprint density at radius 2 is 1.86 bits per heavy atom. The molecule has 0 unspecified atom stereocenters. The maximum Gasteiger partial charge on any atom is 0.304 e. The van der Waals surface area contributed by atoms with Gasteiger partial charge >= 0.3 is 5.97 Å². The molecule has 0 heterocycles. The number of hydrogen-bond acceptors (Lipinski definition) is 1. The van der Waals surface area contributed by atoms with E-state index in [9.17, 15) is 4.79 Å². The lowest BCUT2D eigenvalue weighted by molar-refractivity contribution is -0.136. The molecule has 0 aliphatic carbocycles. The molecule has 0 atom stereocenters. The van der Waals surface area contributed by atoms with E-state index in [0.717, 1.165) is 5.75 Å². The minimum atomic E-state index is -0.936. The summed E-state index contributed by atoms with van der Waals surface area (Å²) < 4.78 is 0. The predicted molar refractivity (Wildman–Crippen MR) is 61.3 cm³/mol. The van der Waals surface area contributed by atoms with Gasteiger partial charge in [-0.1, -0.05) is 30.3 Å². The molecule has 1 N–H and O–H groups in total. The second-order valence-electron chi connectivity index (χ2n) is 3.70. The first-order chi connectivity index (χ1) is 6.52. The van der Waals surface area contributed by atoms with Crippen molar-refractivity contribution in [1.29, 1.82) is 0 Å². The first-order valence-corrected chi connectivity index (χ1v) is 7.12. The van der Waals surface area contributed by atoms with Crippen molar-refractivity contribution < 1.29 is 9.90 Å². The lowest BCUT2D eigenvalue weighted by Gasteiger charge is -2.30. The van der Waals surface area contributed by atoms with Crippen LogP contribution in [0.5, 0.6) is 0 Å². The third-order valence-corrected chi connectivity index (χ3v) is 4.98. The minimum Gasteiger partial charge on any atom is -0.481 e. The average Bonchev–Trinajstić information content (AvgIpc) is 2.16. The summed E-state index contributed by atoms with van der Waals surface area (Å²) in [6, 6.07) is 10.2. The SMILES string of the molecule is CS(C)(CCC(=O)O)c1ccccc1. The normalized spacial score (nSPS) is 12.4. The van der Waals surface area contributed by atoms with Crippen molar-refractivity contribution in [2.24, 2.45) is 0 Å². The molecule has 78 valence electrons. The molecule has 0 amide bonds. The van der Waals surface area contributed by atoms with Crippen molar-refractivity contribution in [2.75, 3.05) is 18.3 Å². The van der Waals surface area contributed by atoms with E-state index < -0.39 is 16.0 Å². The van der Waals surface area contributed by atoms with E-state index in [2.05, 4.69) is 24.6 Å². The van der Waals surface area contributed by atoms with Crippen molar-refractivity contribution in [3.05, 3.63) is 30.3 Å². The van der Waals surface area contributed by atoms with Crippen LogP contribution < -0.4 is 0 Å². The molecule has 1 aromatic rings. The fraction of sp³-hybridized carbons (Fsp3) is 0.364. The highest BCUT2D eigenvalue weighted by atomic mass is 32.3. The Bertz CT molecular complexity index is 306. The van der Waals surface area contributed by atoms with Gasteiger partial charge in [0.25, 0.3) is 0 Å². The van der Waals surface area contributed by atoms with Gasteiger partial charge in [-0.3, -0.25) is 4.79 Å². The summed E-state index contributed by atoms with van der Waals surface area (Å²) in [5.41, 5.74) is 0. The Hall–Kier alpha value is -0.960. The molecule has 3 heteroatoms. The lowest BCUT2D eigenvalue weighted by atomic mass is 10.4. The molecule has 0 spiro atoms. The Balaban J connectivity index is 2.70. The zero-order valence-corrected chi connectivity index (χ0v) is 9.38. The number of aliphatic carboxylic acids is 1. The van der Waals surface area contributed by atoms with Crippen LogP contribution in [-0.2, 0) is 4.79 Å². The predicted octanol–water partition coefficient (Wildman–Crippen LogP) is 2.58. The highest BCUT2D eigenvalue weighted by Crippen LogP contribution is 2.49. The van der Waals surface area contributed by atoms with E-state index in [0.29, 0.717) is 0 Å². The smallest absolute Gasteiger partial charge is 0.304 e. The molecule has 0 aliphatic rings. The highest BCUT2D eigenvalue weighted by Gasteiger charge is 2.15. The minimum absolute atomic E-state index is 0.261. The first-order valence-electron chi connectivity index (χ1n) is 4.50. The molecule has 14 heavy (non-hydrogen) atoms. The van der Waals surface area contributed by atoms with Gasteiger partial charge in [0, 0.05) is 0 Å². The number of carboxylic acid groups (broad SMARTS) is 1. The Morgan fingerprint density at radius 3 is 2.36 bits per heavy atom. The summed E-state index contributed by atoms with van der Waals surface area (Å²) >= 11 is 0. The van der Waals surface area contributed by atoms with Crippen LogP contribution in [0.3, 0.4) is 0 Å². The fourth-order valence-electron chi connectivity index (χ4n) is 1.25. The molecular formula is C11H16O2S. The van der Waals surface area contributed by atoms with E-state index in [4.69, 9.17) is 5.11 Å². The molecule has 0 fully saturated rings. The van der Waals surface area contributed by atoms with Gasteiger partial charge in [-0.05, 0) is 23.2 Å². The maximum absolute atomic E-state index is 10.5. The van der Waals surface area contributed by atoms with E-state index in [-0.39, 0.29) is 6.42 Å². The van der Waals surface area contributed by atoms with Crippen LogP contribution in [-0.4, -0.2) is 29.3 Å². The van der Waals surface area contributed by atoms with Crippen molar-refractivity contribution in [3.8, 4) is 0 Å². The van der Waals surface area contributed by atoms with Crippen molar-refractivity contribution in [3.63, 3.8) is 0 Å². The lowest BCUT2D eigenvalue weighted by Crippen LogP contribution is -2.07. The molecule has 0 saturated carbocycles. The molecular weight excluding hydrogens is 196 g/mol. The summed E-state index contributed by atoms with van der Waals surface area (Å²) in [5.74, 6) is 0.0494. The van der Waals surface area contributed by atoms with Crippen LogP contribution >= 0.6 is 10.0 Å². The van der Waals surface area contributed by atoms with Crippen LogP contribution in [0, 0.1) is 0 Å². The van der Waals surface area contributed by atoms with Gasteiger partial charge in [0.05, 0.1) is 6.42 Å². The standard InChI is InChI=1S/C11H16O2S/c1-14(2,9-8-11(12)13)10-6-4-3-5-7-10/h3-7H,8-9H2,1-2H3,(H,12,13). The van der Waals surface area contributed by atoms with Crippen molar-refractivity contribution in [1.82, 2.24) is 0 Å². The highest BCUT2D eigenvalue weighted by molar-refractivity contribution is 8.32. The molecule has 1 aromatic carbocycles. The molecule has 0 aromatic heterocycles. The van der Waals surface area contributed by atoms with Crippen LogP contribution in [0.25, 0.3) is 0 Å². The van der Waals surface area contributed by atoms with Crippen LogP contribution in [0.15, 0.2) is 35.2 Å². The number of carbonyl (C=O) groups is 1. The summed E-state index contributed by atoms with van der Waals surface area (Å²) in [5, 5.41) is 8.64. The summed E-state index contributed by atoms with van der Waals surface area (Å²) in [4.78, 5) is 11.8. The van der Waals surface area contributed by atoms with Gasteiger partial charge in [-0.15, -0.1) is 0 Å². The van der Waals surface area contributed by atoms with Gasteiger partial charge in [-0.2, -0.15) is 0 Å². The summed E-state index contributed by atoms with van der Waals surface area (Å²) in [6.07, 6.45) is 4.58. The number of benzene rings is 1. The monoisotopic (exact) mass is 212 g/mol. The van der Waals surface area contributed by atoms with Gasteiger partial charge in [0.1, 0.15) is 0 Å². The average molecular weight is 212 g/mol. The van der Waals surface area contributed by atoms with E-state index >= 15 is 0 Å². The third-order valence-electron chi connectivity index (χ3n) is 2.21. The molecule has 0 bridgehead atoms.